The summed E-state index contributed by atoms with van der Waals surface area (Å²) in [7, 11) is 0. The number of carbonyl (C=O) groups is 1. The predicted octanol–water partition coefficient (Wildman–Crippen LogP) is 3.74. The molecule has 102 valence electrons. The number of aromatic amines is 1. The Morgan fingerprint density at radius 1 is 1.26 bits per heavy atom. The molecule has 0 bridgehead atoms. The zero-order chi connectivity index (χ0) is 13.8. The summed E-state index contributed by atoms with van der Waals surface area (Å²) < 4.78 is 0. The molecule has 0 spiro atoms. The lowest BCUT2D eigenvalue weighted by Crippen LogP contribution is -2.31. The average molecular weight is 258 g/mol. The SMILES string of the molecule is CCCCN(CC)C(=O)c1cc2ccc(C)cc2[nH]1. The molecule has 3 nitrogen and oxygen atoms in total. The fourth-order valence-corrected chi connectivity index (χ4v) is 2.28. The van der Waals surface area contributed by atoms with Gasteiger partial charge in [-0.2, -0.15) is 0 Å². The molecule has 0 unspecified atom stereocenters. The maximum Gasteiger partial charge on any atom is 0.270 e. The number of aryl methyl sites for hydroxylation is 1. The van der Waals surface area contributed by atoms with Gasteiger partial charge < -0.3 is 9.88 Å². The summed E-state index contributed by atoms with van der Waals surface area (Å²) in [6.45, 7) is 7.82. The minimum absolute atomic E-state index is 0.102. The van der Waals surface area contributed by atoms with Crippen LogP contribution in [0.4, 0.5) is 0 Å². The molecule has 2 rings (SSSR count). The summed E-state index contributed by atoms with van der Waals surface area (Å²) in [5, 5.41) is 1.10. The van der Waals surface area contributed by atoms with Gasteiger partial charge in [0.2, 0.25) is 0 Å². The van der Waals surface area contributed by atoms with E-state index in [2.05, 4.69) is 37.0 Å². The molecular weight excluding hydrogens is 236 g/mol. The third kappa shape index (κ3) is 2.98. The smallest absolute Gasteiger partial charge is 0.270 e. The molecule has 1 amide bonds. The number of hydrogen-bond donors (Lipinski definition) is 1. The Hall–Kier alpha value is -1.77. The number of fused-ring (bicyclic) bond motifs is 1. The van der Waals surface area contributed by atoms with Gasteiger partial charge in [0.25, 0.3) is 5.91 Å². The van der Waals surface area contributed by atoms with E-state index in [0.29, 0.717) is 5.69 Å². The number of benzene rings is 1. The highest BCUT2D eigenvalue weighted by Crippen LogP contribution is 2.18. The minimum atomic E-state index is 0.102. The standard InChI is InChI=1S/C16H22N2O/c1-4-6-9-18(5-2)16(19)15-11-13-8-7-12(3)10-14(13)17-15/h7-8,10-11,17H,4-6,9H2,1-3H3. The molecule has 0 radical (unpaired) electrons. The van der Waals surface area contributed by atoms with Gasteiger partial charge in [-0.05, 0) is 38.0 Å². The van der Waals surface area contributed by atoms with Gasteiger partial charge in [-0.3, -0.25) is 4.79 Å². The monoisotopic (exact) mass is 258 g/mol. The average Bonchev–Trinajstić information content (AvgIpc) is 2.82. The van der Waals surface area contributed by atoms with Crippen LogP contribution in [0.3, 0.4) is 0 Å². The van der Waals surface area contributed by atoms with Gasteiger partial charge in [0, 0.05) is 24.0 Å². The Morgan fingerprint density at radius 3 is 2.74 bits per heavy atom. The fraction of sp³-hybridized carbons (Fsp3) is 0.438. The van der Waals surface area contributed by atoms with Crippen molar-refractivity contribution in [2.75, 3.05) is 13.1 Å². The number of aromatic nitrogens is 1. The summed E-state index contributed by atoms with van der Waals surface area (Å²) in [6.07, 6.45) is 2.16. The van der Waals surface area contributed by atoms with Crippen LogP contribution in [0.2, 0.25) is 0 Å². The number of H-pyrrole nitrogens is 1. The molecule has 0 aliphatic carbocycles. The first-order chi connectivity index (χ1) is 9.15. The molecule has 0 saturated heterocycles. The van der Waals surface area contributed by atoms with Crippen molar-refractivity contribution in [1.82, 2.24) is 9.88 Å². The van der Waals surface area contributed by atoms with E-state index < -0.39 is 0 Å². The molecule has 0 saturated carbocycles. The van der Waals surface area contributed by atoms with E-state index in [9.17, 15) is 4.79 Å². The quantitative estimate of drug-likeness (QED) is 0.871. The third-order valence-corrected chi connectivity index (χ3v) is 3.46. The maximum absolute atomic E-state index is 12.4. The highest BCUT2D eigenvalue weighted by atomic mass is 16.2. The molecule has 3 heteroatoms. The molecule has 0 aliphatic heterocycles. The van der Waals surface area contributed by atoms with E-state index in [1.807, 2.05) is 17.9 Å². The van der Waals surface area contributed by atoms with E-state index in [4.69, 9.17) is 0 Å². The Bertz CT molecular complexity index is 571. The van der Waals surface area contributed by atoms with Crippen LogP contribution < -0.4 is 0 Å². The molecule has 1 aromatic carbocycles. The van der Waals surface area contributed by atoms with Gasteiger partial charge >= 0.3 is 0 Å². The highest BCUT2D eigenvalue weighted by molar-refractivity contribution is 5.98. The minimum Gasteiger partial charge on any atom is -0.351 e. The summed E-state index contributed by atoms with van der Waals surface area (Å²) in [5.41, 5.74) is 2.93. The van der Waals surface area contributed by atoms with E-state index in [-0.39, 0.29) is 5.91 Å². The van der Waals surface area contributed by atoms with E-state index in [1.165, 1.54) is 5.56 Å². The van der Waals surface area contributed by atoms with Crippen molar-refractivity contribution in [2.45, 2.75) is 33.6 Å². The lowest BCUT2D eigenvalue weighted by molar-refractivity contribution is 0.0757. The van der Waals surface area contributed by atoms with Crippen LogP contribution in [0.1, 0.15) is 42.7 Å². The number of amides is 1. The first-order valence-electron chi connectivity index (χ1n) is 7.04. The second kappa shape index (κ2) is 5.91. The fourth-order valence-electron chi connectivity index (χ4n) is 2.28. The summed E-state index contributed by atoms with van der Waals surface area (Å²) in [5.74, 6) is 0.102. The molecule has 19 heavy (non-hydrogen) atoms. The molecule has 0 fully saturated rings. The van der Waals surface area contributed by atoms with Crippen LogP contribution in [0.25, 0.3) is 10.9 Å². The highest BCUT2D eigenvalue weighted by Gasteiger charge is 2.15. The van der Waals surface area contributed by atoms with Crippen LogP contribution in [0.5, 0.6) is 0 Å². The largest absolute Gasteiger partial charge is 0.351 e. The van der Waals surface area contributed by atoms with Crippen LogP contribution in [0.15, 0.2) is 24.3 Å². The van der Waals surface area contributed by atoms with Crippen molar-refractivity contribution < 1.29 is 4.79 Å². The maximum atomic E-state index is 12.4. The normalized spacial score (nSPS) is 10.9. The number of hydrogen-bond acceptors (Lipinski definition) is 1. The number of nitrogens with one attached hydrogen (secondary N) is 1. The van der Waals surface area contributed by atoms with Crippen LogP contribution >= 0.6 is 0 Å². The topological polar surface area (TPSA) is 36.1 Å². The zero-order valence-corrected chi connectivity index (χ0v) is 12.0. The van der Waals surface area contributed by atoms with E-state index >= 15 is 0 Å². The number of nitrogens with zero attached hydrogens (tertiary/aromatic N) is 1. The van der Waals surface area contributed by atoms with Crippen LogP contribution in [0, 0.1) is 6.92 Å². The molecule has 0 aliphatic rings. The molecule has 2 aromatic rings. The van der Waals surface area contributed by atoms with Crippen molar-refractivity contribution in [2.24, 2.45) is 0 Å². The second-order valence-corrected chi connectivity index (χ2v) is 5.01. The van der Waals surface area contributed by atoms with Gasteiger partial charge in [0.1, 0.15) is 5.69 Å². The van der Waals surface area contributed by atoms with Crippen LogP contribution in [-0.4, -0.2) is 28.9 Å². The Labute approximate surface area is 114 Å². The van der Waals surface area contributed by atoms with Crippen molar-refractivity contribution >= 4 is 16.8 Å². The number of unbranched alkanes of at least 4 members (excludes halogenated alkanes) is 1. The lowest BCUT2D eigenvalue weighted by Gasteiger charge is -2.19. The Balaban J connectivity index is 2.24. The number of carbonyl (C=O) groups excluding carboxylic acids is 1. The van der Waals surface area contributed by atoms with E-state index in [1.54, 1.807) is 0 Å². The Kier molecular flexibility index (Phi) is 4.25. The van der Waals surface area contributed by atoms with Crippen molar-refractivity contribution in [3.8, 4) is 0 Å². The first kappa shape index (κ1) is 13.7. The number of rotatable bonds is 5. The van der Waals surface area contributed by atoms with Crippen molar-refractivity contribution in [3.63, 3.8) is 0 Å². The van der Waals surface area contributed by atoms with Crippen molar-refractivity contribution in [1.29, 1.82) is 0 Å². The summed E-state index contributed by atoms with van der Waals surface area (Å²) >= 11 is 0. The van der Waals surface area contributed by atoms with Gasteiger partial charge in [-0.15, -0.1) is 0 Å². The zero-order valence-electron chi connectivity index (χ0n) is 12.0. The van der Waals surface area contributed by atoms with Crippen LogP contribution in [-0.2, 0) is 0 Å². The van der Waals surface area contributed by atoms with Gasteiger partial charge in [0.05, 0.1) is 0 Å². The first-order valence-corrected chi connectivity index (χ1v) is 7.04. The van der Waals surface area contributed by atoms with Gasteiger partial charge in [-0.25, -0.2) is 0 Å². The van der Waals surface area contributed by atoms with Gasteiger partial charge in [0.15, 0.2) is 0 Å². The molecule has 1 N–H and O–H groups in total. The summed E-state index contributed by atoms with van der Waals surface area (Å²) in [6, 6.07) is 8.15. The Morgan fingerprint density at radius 2 is 2.05 bits per heavy atom. The third-order valence-electron chi connectivity index (χ3n) is 3.46. The molecule has 0 atom stereocenters. The van der Waals surface area contributed by atoms with Crippen molar-refractivity contribution in [3.05, 3.63) is 35.5 Å². The predicted molar refractivity (Wildman–Crippen MR) is 79.5 cm³/mol. The second-order valence-electron chi connectivity index (χ2n) is 5.01. The molecular formula is C16H22N2O. The van der Waals surface area contributed by atoms with E-state index in [0.717, 1.165) is 36.8 Å². The molecule has 1 aromatic heterocycles. The van der Waals surface area contributed by atoms with Gasteiger partial charge in [-0.1, -0.05) is 25.5 Å². The molecule has 1 heterocycles. The summed E-state index contributed by atoms with van der Waals surface area (Å²) in [4.78, 5) is 17.6. The lowest BCUT2D eigenvalue weighted by atomic mass is 10.2.